The van der Waals surface area contributed by atoms with Gasteiger partial charge < -0.3 is 5.11 Å². The molecule has 0 spiro atoms. The van der Waals surface area contributed by atoms with E-state index in [1.807, 2.05) is 0 Å². The summed E-state index contributed by atoms with van der Waals surface area (Å²) >= 11 is 3.22. The van der Waals surface area contributed by atoms with Crippen molar-refractivity contribution in [2.24, 2.45) is 5.92 Å². The van der Waals surface area contributed by atoms with E-state index in [0.29, 0.717) is 5.56 Å². The number of ketones is 1. The van der Waals surface area contributed by atoms with Gasteiger partial charge >= 0.3 is 0 Å². The van der Waals surface area contributed by atoms with Gasteiger partial charge in [0, 0.05) is 10.9 Å². The Kier molecular flexibility index (Phi) is 3.40. The molecular formula is C12H12BrFO2. The molecule has 0 saturated heterocycles. The van der Waals surface area contributed by atoms with Gasteiger partial charge in [0.15, 0.2) is 5.78 Å². The van der Waals surface area contributed by atoms with Crippen LogP contribution in [0.3, 0.4) is 0 Å². The molecule has 1 fully saturated rings. The van der Waals surface area contributed by atoms with Crippen molar-refractivity contribution in [2.45, 2.75) is 25.4 Å². The standard InChI is InChI=1S/C12H12BrFO2/c13-9-3-4-10(14)8(5-9)6-11(15)12(16)7-1-2-7/h3-5,7,12,16H,1-2,6H2. The molecule has 2 nitrogen and oxygen atoms in total. The summed E-state index contributed by atoms with van der Waals surface area (Å²) in [6, 6.07) is 4.48. The van der Waals surface area contributed by atoms with E-state index in [1.54, 1.807) is 12.1 Å². The van der Waals surface area contributed by atoms with Crippen molar-refractivity contribution in [2.75, 3.05) is 0 Å². The average Bonchev–Trinajstić information content (AvgIpc) is 3.06. The summed E-state index contributed by atoms with van der Waals surface area (Å²) in [5.41, 5.74) is 0.332. The Hall–Kier alpha value is -0.740. The van der Waals surface area contributed by atoms with Crippen LogP contribution in [-0.4, -0.2) is 17.0 Å². The monoisotopic (exact) mass is 286 g/mol. The second kappa shape index (κ2) is 4.63. The van der Waals surface area contributed by atoms with Crippen LogP contribution < -0.4 is 0 Å². The number of benzene rings is 1. The maximum absolute atomic E-state index is 13.4. The fraction of sp³-hybridized carbons (Fsp3) is 0.417. The minimum Gasteiger partial charge on any atom is -0.385 e. The third-order valence-electron chi connectivity index (χ3n) is 2.77. The number of hydrogen-bond donors (Lipinski definition) is 1. The molecule has 1 saturated carbocycles. The first kappa shape index (κ1) is 11.7. The van der Waals surface area contributed by atoms with E-state index < -0.39 is 11.9 Å². The zero-order valence-corrected chi connectivity index (χ0v) is 10.2. The Morgan fingerprint density at radius 3 is 2.88 bits per heavy atom. The van der Waals surface area contributed by atoms with Gasteiger partial charge in [-0.1, -0.05) is 15.9 Å². The fourth-order valence-electron chi connectivity index (χ4n) is 1.65. The summed E-state index contributed by atoms with van der Waals surface area (Å²) < 4.78 is 14.1. The van der Waals surface area contributed by atoms with Crippen LogP contribution in [0.5, 0.6) is 0 Å². The van der Waals surface area contributed by atoms with Crippen molar-refractivity contribution in [3.8, 4) is 0 Å². The second-order valence-corrected chi connectivity index (χ2v) is 5.08. The molecule has 1 aromatic carbocycles. The van der Waals surface area contributed by atoms with E-state index in [-0.39, 0.29) is 18.1 Å². The lowest BCUT2D eigenvalue weighted by Crippen LogP contribution is -2.24. The first-order chi connectivity index (χ1) is 7.58. The second-order valence-electron chi connectivity index (χ2n) is 4.16. The molecule has 0 aliphatic heterocycles. The Labute approximate surface area is 102 Å². The predicted molar refractivity (Wildman–Crippen MR) is 61.5 cm³/mol. The summed E-state index contributed by atoms with van der Waals surface area (Å²) in [5.74, 6) is -0.596. The molecule has 0 heterocycles. The lowest BCUT2D eigenvalue weighted by Gasteiger charge is -2.08. The Morgan fingerprint density at radius 2 is 2.25 bits per heavy atom. The van der Waals surface area contributed by atoms with Gasteiger partial charge in [-0.3, -0.25) is 4.79 Å². The van der Waals surface area contributed by atoms with Gasteiger partial charge in [0.25, 0.3) is 0 Å². The molecule has 1 aromatic rings. The van der Waals surface area contributed by atoms with Gasteiger partial charge in [0.2, 0.25) is 0 Å². The molecule has 0 aromatic heterocycles. The van der Waals surface area contributed by atoms with Gasteiger partial charge in [-0.05, 0) is 42.5 Å². The topological polar surface area (TPSA) is 37.3 Å². The molecule has 0 bridgehead atoms. The number of aliphatic hydroxyl groups excluding tert-OH is 1. The highest BCUT2D eigenvalue weighted by atomic mass is 79.9. The van der Waals surface area contributed by atoms with Crippen LogP contribution >= 0.6 is 15.9 Å². The fourth-order valence-corrected chi connectivity index (χ4v) is 2.05. The van der Waals surface area contributed by atoms with Crippen LogP contribution in [0.1, 0.15) is 18.4 Å². The van der Waals surface area contributed by atoms with Crippen molar-refractivity contribution in [1.29, 1.82) is 0 Å². The van der Waals surface area contributed by atoms with E-state index >= 15 is 0 Å². The van der Waals surface area contributed by atoms with Crippen molar-refractivity contribution in [3.63, 3.8) is 0 Å². The molecule has 16 heavy (non-hydrogen) atoms. The molecule has 0 amide bonds. The Balaban J connectivity index is 2.07. The van der Waals surface area contributed by atoms with Gasteiger partial charge in [-0.25, -0.2) is 4.39 Å². The van der Waals surface area contributed by atoms with Gasteiger partial charge in [0.05, 0.1) is 0 Å². The van der Waals surface area contributed by atoms with Crippen LogP contribution in [0.4, 0.5) is 4.39 Å². The van der Waals surface area contributed by atoms with E-state index in [2.05, 4.69) is 15.9 Å². The van der Waals surface area contributed by atoms with Crippen LogP contribution in [0.15, 0.2) is 22.7 Å². The SMILES string of the molecule is O=C(Cc1cc(Br)ccc1F)C(O)C1CC1. The Morgan fingerprint density at radius 1 is 1.56 bits per heavy atom. The number of aliphatic hydroxyl groups is 1. The minimum absolute atomic E-state index is 0.0388. The lowest BCUT2D eigenvalue weighted by atomic mass is 10.0. The molecular weight excluding hydrogens is 275 g/mol. The number of Topliss-reactive ketones (excluding diaryl/α,β-unsaturated/α-hetero) is 1. The van der Waals surface area contributed by atoms with Gasteiger partial charge in [0.1, 0.15) is 11.9 Å². The average molecular weight is 287 g/mol. The minimum atomic E-state index is -0.918. The molecule has 86 valence electrons. The molecule has 1 aliphatic rings. The first-order valence-electron chi connectivity index (χ1n) is 5.22. The molecule has 2 rings (SSSR count). The number of rotatable bonds is 4. The smallest absolute Gasteiger partial charge is 0.166 e. The summed E-state index contributed by atoms with van der Waals surface area (Å²) in [7, 11) is 0. The highest BCUT2D eigenvalue weighted by Crippen LogP contribution is 2.33. The van der Waals surface area contributed by atoms with Crippen molar-refractivity contribution < 1.29 is 14.3 Å². The molecule has 0 radical (unpaired) electrons. The normalized spacial score (nSPS) is 17.2. The van der Waals surface area contributed by atoms with Crippen molar-refractivity contribution >= 4 is 21.7 Å². The summed E-state index contributed by atoms with van der Waals surface area (Å²) in [5, 5.41) is 9.60. The molecule has 1 aliphatic carbocycles. The van der Waals surface area contributed by atoms with Gasteiger partial charge in [-0.2, -0.15) is 0 Å². The quantitative estimate of drug-likeness (QED) is 0.923. The third kappa shape index (κ3) is 2.68. The summed E-state index contributed by atoms with van der Waals surface area (Å²) in [6.45, 7) is 0. The zero-order chi connectivity index (χ0) is 11.7. The van der Waals surface area contributed by atoms with E-state index in [4.69, 9.17) is 0 Å². The molecule has 1 N–H and O–H groups in total. The first-order valence-corrected chi connectivity index (χ1v) is 6.02. The van der Waals surface area contributed by atoms with E-state index in [9.17, 15) is 14.3 Å². The Bertz CT molecular complexity index is 415. The van der Waals surface area contributed by atoms with Crippen LogP contribution in [-0.2, 0) is 11.2 Å². The maximum Gasteiger partial charge on any atom is 0.166 e. The van der Waals surface area contributed by atoms with Crippen LogP contribution in [0.25, 0.3) is 0 Å². The summed E-state index contributed by atoms with van der Waals surface area (Å²) in [6.07, 6.45) is 0.836. The number of carbonyl (C=O) groups excluding carboxylic acids is 1. The van der Waals surface area contributed by atoms with Crippen LogP contribution in [0, 0.1) is 11.7 Å². The highest BCUT2D eigenvalue weighted by molar-refractivity contribution is 9.10. The van der Waals surface area contributed by atoms with Crippen molar-refractivity contribution in [3.05, 3.63) is 34.1 Å². The van der Waals surface area contributed by atoms with Crippen LogP contribution in [0.2, 0.25) is 0 Å². The third-order valence-corrected chi connectivity index (χ3v) is 3.26. The van der Waals surface area contributed by atoms with Gasteiger partial charge in [-0.15, -0.1) is 0 Å². The van der Waals surface area contributed by atoms with Crippen molar-refractivity contribution in [1.82, 2.24) is 0 Å². The number of carbonyl (C=O) groups is 1. The lowest BCUT2D eigenvalue weighted by molar-refractivity contribution is -0.127. The molecule has 1 atom stereocenters. The zero-order valence-electron chi connectivity index (χ0n) is 8.62. The highest BCUT2D eigenvalue weighted by Gasteiger charge is 2.34. The van der Waals surface area contributed by atoms with E-state index in [0.717, 1.165) is 17.3 Å². The molecule has 4 heteroatoms. The largest absolute Gasteiger partial charge is 0.385 e. The number of halogens is 2. The molecule has 1 unspecified atom stereocenters. The number of hydrogen-bond acceptors (Lipinski definition) is 2. The predicted octanol–water partition coefficient (Wildman–Crippen LogP) is 2.47. The maximum atomic E-state index is 13.4. The van der Waals surface area contributed by atoms with E-state index in [1.165, 1.54) is 6.07 Å². The summed E-state index contributed by atoms with van der Waals surface area (Å²) in [4.78, 5) is 11.6.